The highest BCUT2D eigenvalue weighted by Crippen LogP contribution is 2.28. The summed E-state index contributed by atoms with van der Waals surface area (Å²) in [6.07, 6.45) is 5.42. The average Bonchev–Trinajstić information content (AvgIpc) is 3.17. The number of carbonyl (C=O) groups is 1. The van der Waals surface area contributed by atoms with Crippen LogP contribution in [0.5, 0.6) is 0 Å². The van der Waals surface area contributed by atoms with Crippen molar-refractivity contribution in [3.63, 3.8) is 0 Å². The van der Waals surface area contributed by atoms with Gasteiger partial charge in [0.2, 0.25) is 15.9 Å². The number of nitrogens with zero attached hydrogens (tertiary/aromatic N) is 3. The molecule has 0 radical (unpaired) electrons. The van der Waals surface area contributed by atoms with E-state index in [0.29, 0.717) is 29.2 Å². The standard InChI is InChI=1S/C23H27ClN4O3S/c1-17-21(24)6-4-7-22(17)28(32(3,30)31)14-5-8-23(29)26-16-19-9-11-20(12-10-19)27-15-13-25-18(27)2/h4,6-7,9-13,15H,5,8,14,16H2,1-3H3,(H,26,29). The third kappa shape index (κ3) is 5.89. The highest BCUT2D eigenvalue weighted by atomic mass is 35.5. The first-order valence-corrected chi connectivity index (χ1v) is 12.5. The Morgan fingerprint density at radius 2 is 1.88 bits per heavy atom. The molecule has 0 fully saturated rings. The van der Waals surface area contributed by atoms with Gasteiger partial charge in [0.1, 0.15) is 5.82 Å². The van der Waals surface area contributed by atoms with E-state index in [-0.39, 0.29) is 18.9 Å². The number of amides is 1. The lowest BCUT2D eigenvalue weighted by Gasteiger charge is -2.24. The molecule has 3 rings (SSSR count). The van der Waals surface area contributed by atoms with Crippen molar-refractivity contribution >= 4 is 33.2 Å². The number of anilines is 1. The number of aryl methyl sites for hydroxylation is 1. The quantitative estimate of drug-likeness (QED) is 0.508. The minimum absolute atomic E-state index is 0.129. The van der Waals surface area contributed by atoms with E-state index in [1.807, 2.05) is 42.0 Å². The lowest BCUT2D eigenvalue weighted by atomic mass is 10.2. The molecule has 1 aromatic heterocycles. The second-order valence-corrected chi connectivity index (χ2v) is 9.92. The molecule has 1 N–H and O–H groups in total. The van der Waals surface area contributed by atoms with Crippen LogP contribution in [0.25, 0.3) is 5.69 Å². The second kappa shape index (κ2) is 10.2. The van der Waals surface area contributed by atoms with Gasteiger partial charge in [0.05, 0.1) is 11.9 Å². The third-order valence-electron chi connectivity index (χ3n) is 5.20. The first-order chi connectivity index (χ1) is 15.2. The van der Waals surface area contributed by atoms with Crippen LogP contribution < -0.4 is 9.62 Å². The van der Waals surface area contributed by atoms with E-state index in [4.69, 9.17) is 11.6 Å². The Kier molecular flexibility index (Phi) is 7.58. The van der Waals surface area contributed by atoms with Crippen molar-refractivity contribution in [1.82, 2.24) is 14.9 Å². The summed E-state index contributed by atoms with van der Waals surface area (Å²) in [6, 6.07) is 13.0. The minimum atomic E-state index is -3.50. The molecule has 0 aliphatic carbocycles. The predicted octanol–water partition coefficient (Wildman–Crippen LogP) is 4.01. The van der Waals surface area contributed by atoms with Crippen molar-refractivity contribution in [3.8, 4) is 5.69 Å². The summed E-state index contributed by atoms with van der Waals surface area (Å²) in [4.78, 5) is 16.5. The highest BCUT2D eigenvalue weighted by Gasteiger charge is 2.20. The molecule has 1 heterocycles. The van der Waals surface area contributed by atoms with Crippen molar-refractivity contribution in [2.45, 2.75) is 33.2 Å². The molecule has 7 nitrogen and oxygen atoms in total. The van der Waals surface area contributed by atoms with Crippen molar-refractivity contribution in [3.05, 3.63) is 76.8 Å². The van der Waals surface area contributed by atoms with Gasteiger partial charge in [0, 0.05) is 42.6 Å². The van der Waals surface area contributed by atoms with Gasteiger partial charge in [0.15, 0.2) is 0 Å². The third-order valence-corrected chi connectivity index (χ3v) is 6.79. The Hall–Kier alpha value is -2.84. The average molecular weight is 475 g/mol. The number of aromatic nitrogens is 2. The van der Waals surface area contributed by atoms with Crippen molar-refractivity contribution in [2.24, 2.45) is 0 Å². The Balaban J connectivity index is 1.53. The summed E-state index contributed by atoms with van der Waals surface area (Å²) in [5.41, 5.74) is 3.21. The summed E-state index contributed by atoms with van der Waals surface area (Å²) in [5.74, 6) is 0.776. The fourth-order valence-electron chi connectivity index (χ4n) is 3.43. The molecule has 0 unspecified atom stereocenters. The smallest absolute Gasteiger partial charge is 0.232 e. The summed E-state index contributed by atoms with van der Waals surface area (Å²) >= 11 is 6.15. The lowest BCUT2D eigenvalue weighted by molar-refractivity contribution is -0.121. The van der Waals surface area contributed by atoms with Gasteiger partial charge in [0.25, 0.3) is 0 Å². The zero-order chi connectivity index (χ0) is 23.3. The number of carbonyl (C=O) groups excluding carboxylic acids is 1. The van der Waals surface area contributed by atoms with E-state index >= 15 is 0 Å². The van der Waals surface area contributed by atoms with E-state index in [2.05, 4.69) is 10.3 Å². The summed E-state index contributed by atoms with van der Waals surface area (Å²) in [5, 5.41) is 3.39. The maximum Gasteiger partial charge on any atom is 0.232 e. The van der Waals surface area contributed by atoms with Crippen molar-refractivity contribution in [1.29, 1.82) is 0 Å². The number of sulfonamides is 1. The fraction of sp³-hybridized carbons (Fsp3) is 0.304. The number of rotatable bonds is 9. The van der Waals surface area contributed by atoms with Gasteiger partial charge in [-0.05, 0) is 55.7 Å². The molecule has 0 atom stereocenters. The van der Waals surface area contributed by atoms with E-state index in [0.717, 1.165) is 23.3 Å². The van der Waals surface area contributed by atoms with E-state index in [1.54, 1.807) is 31.3 Å². The molecule has 9 heteroatoms. The number of benzene rings is 2. The van der Waals surface area contributed by atoms with Crippen molar-refractivity contribution < 1.29 is 13.2 Å². The Morgan fingerprint density at radius 1 is 1.16 bits per heavy atom. The minimum Gasteiger partial charge on any atom is -0.352 e. The molecular formula is C23H27ClN4O3S. The van der Waals surface area contributed by atoms with Crippen LogP contribution in [0.2, 0.25) is 5.02 Å². The van der Waals surface area contributed by atoms with Crippen LogP contribution in [-0.4, -0.2) is 36.7 Å². The highest BCUT2D eigenvalue weighted by molar-refractivity contribution is 7.92. The second-order valence-electron chi connectivity index (χ2n) is 7.61. The van der Waals surface area contributed by atoms with E-state index in [1.165, 1.54) is 4.31 Å². The molecule has 3 aromatic rings. The molecule has 0 spiro atoms. The van der Waals surface area contributed by atoms with Crippen LogP contribution in [0.4, 0.5) is 5.69 Å². The van der Waals surface area contributed by atoms with Crippen LogP contribution in [0.1, 0.15) is 29.8 Å². The number of hydrogen-bond acceptors (Lipinski definition) is 4. The van der Waals surface area contributed by atoms with Gasteiger partial charge in [-0.1, -0.05) is 29.8 Å². The number of hydrogen-bond donors (Lipinski definition) is 1. The molecule has 0 saturated heterocycles. The molecular weight excluding hydrogens is 448 g/mol. The predicted molar refractivity (Wildman–Crippen MR) is 128 cm³/mol. The SMILES string of the molecule is Cc1c(Cl)cccc1N(CCCC(=O)NCc1ccc(-n2ccnc2C)cc1)S(C)(=O)=O. The first-order valence-electron chi connectivity index (χ1n) is 10.3. The maximum atomic E-state index is 12.3. The number of imidazole rings is 1. The monoisotopic (exact) mass is 474 g/mol. The molecule has 0 bridgehead atoms. The fourth-order valence-corrected chi connectivity index (χ4v) is 4.61. The molecule has 1 amide bonds. The first kappa shape index (κ1) is 23.8. The Morgan fingerprint density at radius 3 is 2.50 bits per heavy atom. The number of nitrogens with one attached hydrogen (secondary N) is 1. The van der Waals surface area contributed by atoms with Gasteiger partial charge in [-0.3, -0.25) is 9.10 Å². The van der Waals surface area contributed by atoms with Crippen LogP contribution >= 0.6 is 11.6 Å². The zero-order valence-corrected chi connectivity index (χ0v) is 19.9. The van der Waals surface area contributed by atoms with Gasteiger partial charge < -0.3 is 9.88 Å². The van der Waals surface area contributed by atoms with Gasteiger partial charge >= 0.3 is 0 Å². The van der Waals surface area contributed by atoms with E-state index in [9.17, 15) is 13.2 Å². The van der Waals surface area contributed by atoms with Crippen LogP contribution in [0, 0.1) is 13.8 Å². The molecule has 0 aliphatic heterocycles. The van der Waals surface area contributed by atoms with E-state index < -0.39 is 10.0 Å². The normalized spacial score (nSPS) is 11.4. The molecule has 0 aliphatic rings. The van der Waals surface area contributed by atoms with Gasteiger partial charge in [-0.25, -0.2) is 13.4 Å². The Bertz CT molecular complexity index is 1190. The van der Waals surface area contributed by atoms with Gasteiger partial charge in [-0.15, -0.1) is 0 Å². The van der Waals surface area contributed by atoms with Crippen LogP contribution in [0.15, 0.2) is 54.9 Å². The summed E-state index contributed by atoms with van der Waals surface area (Å²) in [6.45, 7) is 4.33. The summed E-state index contributed by atoms with van der Waals surface area (Å²) in [7, 11) is -3.50. The molecule has 32 heavy (non-hydrogen) atoms. The zero-order valence-electron chi connectivity index (χ0n) is 18.4. The topological polar surface area (TPSA) is 84.3 Å². The molecule has 170 valence electrons. The van der Waals surface area contributed by atoms with Crippen molar-refractivity contribution in [2.75, 3.05) is 17.1 Å². The summed E-state index contributed by atoms with van der Waals surface area (Å²) < 4.78 is 27.9. The molecule has 0 saturated carbocycles. The van der Waals surface area contributed by atoms with Crippen LogP contribution in [-0.2, 0) is 21.4 Å². The molecule has 2 aromatic carbocycles. The largest absolute Gasteiger partial charge is 0.352 e. The van der Waals surface area contributed by atoms with Gasteiger partial charge in [-0.2, -0.15) is 0 Å². The van der Waals surface area contributed by atoms with Crippen LogP contribution in [0.3, 0.4) is 0 Å². The number of halogens is 1. The maximum absolute atomic E-state index is 12.3. The Labute approximate surface area is 194 Å². The lowest BCUT2D eigenvalue weighted by Crippen LogP contribution is -2.32.